The van der Waals surface area contributed by atoms with E-state index in [1.807, 2.05) is 38.1 Å². The Morgan fingerprint density at radius 2 is 2.00 bits per heavy atom. The van der Waals surface area contributed by atoms with Gasteiger partial charge in [-0.1, -0.05) is 0 Å². The van der Waals surface area contributed by atoms with Crippen LogP contribution in [0.4, 0.5) is 0 Å². The van der Waals surface area contributed by atoms with E-state index in [0.29, 0.717) is 0 Å². The van der Waals surface area contributed by atoms with Crippen LogP contribution in [-0.4, -0.2) is 27.0 Å². The van der Waals surface area contributed by atoms with Crippen LogP contribution in [0.2, 0.25) is 0 Å². The number of carboxylic acids is 1. The Kier molecular flexibility index (Phi) is 3.41. The molecule has 1 aromatic carbocycles. The molecule has 0 spiro atoms. The average Bonchev–Trinajstić information content (AvgIpc) is 3.00. The van der Waals surface area contributed by atoms with Gasteiger partial charge in [0.25, 0.3) is 0 Å². The van der Waals surface area contributed by atoms with Crippen LogP contribution in [0, 0.1) is 0 Å². The molecule has 5 nitrogen and oxygen atoms in total. The summed E-state index contributed by atoms with van der Waals surface area (Å²) < 4.78 is 7.37. The van der Waals surface area contributed by atoms with Crippen LogP contribution in [0.1, 0.15) is 42.0 Å². The second-order valence-corrected chi connectivity index (χ2v) is 5.50. The highest BCUT2D eigenvalue weighted by molar-refractivity contribution is 5.87. The van der Waals surface area contributed by atoms with Gasteiger partial charge in [0.15, 0.2) is 5.69 Å². The van der Waals surface area contributed by atoms with Crippen molar-refractivity contribution in [3.05, 3.63) is 41.2 Å². The van der Waals surface area contributed by atoms with Gasteiger partial charge in [-0.25, -0.2) is 9.48 Å². The van der Waals surface area contributed by atoms with Crippen molar-refractivity contribution in [3.8, 4) is 11.4 Å². The fourth-order valence-corrected chi connectivity index (χ4v) is 2.76. The SMILES string of the molecule is CC(C)Oc1ccc(-n2nc(C(=O)O)c3c2CCC3)cc1. The highest BCUT2D eigenvalue weighted by Gasteiger charge is 2.26. The van der Waals surface area contributed by atoms with Crippen LogP contribution in [-0.2, 0) is 12.8 Å². The summed E-state index contributed by atoms with van der Waals surface area (Å²) in [5.41, 5.74) is 2.96. The smallest absolute Gasteiger partial charge is 0.356 e. The molecule has 2 aromatic rings. The maximum absolute atomic E-state index is 11.3. The minimum atomic E-state index is -0.952. The average molecular weight is 286 g/mol. The summed E-state index contributed by atoms with van der Waals surface area (Å²) in [6.45, 7) is 3.96. The molecule has 0 unspecified atom stereocenters. The highest BCUT2D eigenvalue weighted by Crippen LogP contribution is 2.28. The first-order valence-corrected chi connectivity index (χ1v) is 7.17. The summed E-state index contributed by atoms with van der Waals surface area (Å²) >= 11 is 0. The topological polar surface area (TPSA) is 64.4 Å². The van der Waals surface area contributed by atoms with E-state index in [0.717, 1.165) is 42.0 Å². The number of ether oxygens (including phenoxy) is 1. The van der Waals surface area contributed by atoms with Gasteiger partial charge < -0.3 is 9.84 Å². The van der Waals surface area contributed by atoms with Crippen molar-refractivity contribution in [1.29, 1.82) is 0 Å². The zero-order valence-corrected chi connectivity index (χ0v) is 12.2. The lowest BCUT2D eigenvalue weighted by atomic mass is 10.2. The molecule has 1 aliphatic rings. The van der Waals surface area contributed by atoms with E-state index >= 15 is 0 Å². The molecule has 1 aromatic heterocycles. The minimum Gasteiger partial charge on any atom is -0.491 e. The fourth-order valence-electron chi connectivity index (χ4n) is 2.76. The first-order valence-electron chi connectivity index (χ1n) is 7.17. The van der Waals surface area contributed by atoms with Crippen molar-refractivity contribution in [2.45, 2.75) is 39.2 Å². The van der Waals surface area contributed by atoms with Gasteiger partial charge in [-0.2, -0.15) is 5.10 Å². The molecule has 0 bridgehead atoms. The van der Waals surface area contributed by atoms with E-state index in [4.69, 9.17) is 4.74 Å². The van der Waals surface area contributed by atoms with Gasteiger partial charge in [-0.15, -0.1) is 0 Å². The standard InChI is InChI=1S/C16H18N2O3/c1-10(2)21-12-8-6-11(7-9-12)18-14-5-3-4-13(14)15(17-18)16(19)20/h6-10H,3-5H2,1-2H3,(H,19,20). The van der Waals surface area contributed by atoms with Gasteiger partial charge >= 0.3 is 5.97 Å². The van der Waals surface area contributed by atoms with E-state index in [-0.39, 0.29) is 11.8 Å². The molecule has 110 valence electrons. The molecule has 21 heavy (non-hydrogen) atoms. The third-order valence-corrected chi connectivity index (χ3v) is 3.59. The van der Waals surface area contributed by atoms with Crippen molar-refractivity contribution in [2.24, 2.45) is 0 Å². The maximum atomic E-state index is 11.3. The molecule has 0 saturated heterocycles. The molecular weight excluding hydrogens is 268 g/mol. The van der Waals surface area contributed by atoms with Crippen molar-refractivity contribution >= 4 is 5.97 Å². The van der Waals surface area contributed by atoms with Gasteiger partial charge in [-0.05, 0) is 57.4 Å². The lowest BCUT2D eigenvalue weighted by Crippen LogP contribution is -2.06. The van der Waals surface area contributed by atoms with Crippen LogP contribution in [0.15, 0.2) is 24.3 Å². The van der Waals surface area contributed by atoms with E-state index in [1.165, 1.54) is 0 Å². The van der Waals surface area contributed by atoms with Crippen LogP contribution in [0.3, 0.4) is 0 Å². The van der Waals surface area contributed by atoms with E-state index in [2.05, 4.69) is 5.10 Å². The predicted molar refractivity (Wildman–Crippen MR) is 78.3 cm³/mol. The number of nitrogens with zero attached hydrogens (tertiary/aromatic N) is 2. The molecular formula is C16H18N2O3. The third-order valence-electron chi connectivity index (χ3n) is 3.59. The largest absolute Gasteiger partial charge is 0.491 e. The summed E-state index contributed by atoms with van der Waals surface area (Å²) in [6, 6.07) is 7.60. The molecule has 0 fully saturated rings. The molecule has 5 heteroatoms. The van der Waals surface area contributed by atoms with E-state index in [1.54, 1.807) is 4.68 Å². The number of aromatic nitrogens is 2. The Bertz CT molecular complexity index is 672. The second-order valence-electron chi connectivity index (χ2n) is 5.50. The number of aromatic carboxylic acids is 1. The second kappa shape index (κ2) is 5.24. The quantitative estimate of drug-likeness (QED) is 0.938. The number of benzene rings is 1. The molecule has 0 saturated carbocycles. The molecule has 0 aliphatic heterocycles. The summed E-state index contributed by atoms with van der Waals surface area (Å²) in [5.74, 6) is -0.150. The summed E-state index contributed by atoms with van der Waals surface area (Å²) in [6.07, 6.45) is 2.79. The molecule has 1 N–H and O–H groups in total. The molecule has 0 radical (unpaired) electrons. The fraction of sp³-hybridized carbons (Fsp3) is 0.375. The number of hydrogen-bond acceptors (Lipinski definition) is 3. The van der Waals surface area contributed by atoms with Gasteiger partial charge in [0.2, 0.25) is 0 Å². The normalized spacial score (nSPS) is 13.5. The van der Waals surface area contributed by atoms with Crippen LogP contribution < -0.4 is 4.74 Å². The Hall–Kier alpha value is -2.30. The monoisotopic (exact) mass is 286 g/mol. The van der Waals surface area contributed by atoms with Crippen molar-refractivity contribution in [3.63, 3.8) is 0 Å². The minimum absolute atomic E-state index is 0.128. The highest BCUT2D eigenvalue weighted by atomic mass is 16.5. The van der Waals surface area contributed by atoms with Gasteiger partial charge in [0, 0.05) is 11.3 Å². The molecule has 1 heterocycles. The molecule has 3 rings (SSSR count). The van der Waals surface area contributed by atoms with E-state index in [9.17, 15) is 9.90 Å². The number of rotatable bonds is 4. The zero-order valence-electron chi connectivity index (χ0n) is 12.2. The number of carbonyl (C=O) groups is 1. The number of fused-ring (bicyclic) bond motifs is 1. The van der Waals surface area contributed by atoms with Gasteiger partial charge in [-0.3, -0.25) is 0 Å². The number of carboxylic acid groups (broad SMARTS) is 1. The van der Waals surface area contributed by atoms with Crippen molar-refractivity contribution in [2.75, 3.05) is 0 Å². The first-order chi connectivity index (χ1) is 10.1. The third kappa shape index (κ3) is 2.51. The zero-order chi connectivity index (χ0) is 15.0. The lowest BCUT2D eigenvalue weighted by Gasteiger charge is -2.11. The lowest BCUT2D eigenvalue weighted by molar-refractivity contribution is 0.0689. The summed E-state index contributed by atoms with van der Waals surface area (Å²) in [4.78, 5) is 11.3. The Morgan fingerprint density at radius 1 is 1.29 bits per heavy atom. The van der Waals surface area contributed by atoms with Crippen LogP contribution in [0.25, 0.3) is 5.69 Å². The predicted octanol–water partition coefficient (Wildman–Crippen LogP) is 2.85. The van der Waals surface area contributed by atoms with Crippen LogP contribution in [0.5, 0.6) is 5.75 Å². The van der Waals surface area contributed by atoms with Crippen molar-refractivity contribution < 1.29 is 14.6 Å². The Labute approximate surface area is 123 Å². The summed E-state index contributed by atoms with van der Waals surface area (Å²) in [5, 5.41) is 13.5. The molecule has 0 atom stereocenters. The number of hydrogen-bond donors (Lipinski definition) is 1. The van der Waals surface area contributed by atoms with Crippen molar-refractivity contribution in [1.82, 2.24) is 9.78 Å². The van der Waals surface area contributed by atoms with E-state index < -0.39 is 5.97 Å². The summed E-state index contributed by atoms with van der Waals surface area (Å²) in [7, 11) is 0. The first kappa shape index (κ1) is 13.7. The maximum Gasteiger partial charge on any atom is 0.356 e. The molecule has 1 aliphatic carbocycles. The Morgan fingerprint density at radius 3 is 2.62 bits per heavy atom. The molecule has 0 amide bonds. The van der Waals surface area contributed by atoms with Crippen LogP contribution >= 0.6 is 0 Å². The van der Waals surface area contributed by atoms with Gasteiger partial charge in [0.1, 0.15) is 5.75 Å². The Balaban J connectivity index is 1.97. The van der Waals surface area contributed by atoms with Gasteiger partial charge in [0.05, 0.1) is 11.8 Å².